The molecule has 0 saturated heterocycles. The highest BCUT2D eigenvalue weighted by atomic mass is 16.2. The number of aromatic nitrogens is 2. The van der Waals surface area contributed by atoms with Gasteiger partial charge in [-0.3, -0.25) is 14.6 Å². The van der Waals surface area contributed by atoms with E-state index in [0.717, 1.165) is 21.7 Å². The van der Waals surface area contributed by atoms with Gasteiger partial charge in [0, 0.05) is 18.6 Å². The third-order valence-corrected chi connectivity index (χ3v) is 4.75. The molecule has 0 aliphatic rings. The Bertz CT molecular complexity index is 1200. The summed E-state index contributed by atoms with van der Waals surface area (Å²) in [5, 5.41) is 6.59. The lowest BCUT2D eigenvalue weighted by Crippen LogP contribution is -2.33. The van der Waals surface area contributed by atoms with E-state index in [1.54, 1.807) is 18.5 Å². The van der Waals surface area contributed by atoms with E-state index >= 15 is 0 Å². The van der Waals surface area contributed by atoms with E-state index in [1.807, 2.05) is 37.3 Å². The van der Waals surface area contributed by atoms with Gasteiger partial charge in [-0.25, -0.2) is 0 Å². The van der Waals surface area contributed by atoms with Gasteiger partial charge < -0.3 is 9.88 Å². The largest absolute Gasteiger partial charge is 0.348 e. The van der Waals surface area contributed by atoms with Crippen LogP contribution >= 0.6 is 0 Å². The molecular weight excluding hydrogens is 338 g/mol. The van der Waals surface area contributed by atoms with Crippen LogP contribution in [0.15, 0.2) is 78.0 Å². The minimum absolute atomic E-state index is 0.0262. The minimum atomic E-state index is -0.214. The lowest BCUT2D eigenvalue weighted by atomic mass is 10.0. The van der Waals surface area contributed by atoms with Crippen LogP contribution in [-0.2, 0) is 11.3 Å². The fourth-order valence-electron chi connectivity index (χ4n) is 3.25. The molecule has 0 aliphatic carbocycles. The summed E-state index contributed by atoms with van der Waals surface area (Å²) in [7, 11) is 0. The predicted octanol–water partition coefficient (Wildman–Crippen LogP) is 3.43. The normalized spacial score (nSPS) is 12.2. The van der Waals surface area contributed by atoms with Crippen molar-refractivity contribution < 1.29 is 4.79 Å². The van der Waals surface area contributed by atoms with Gasteiger partial charge in [-0.2, -0.15) is 0 Å². The SMILES string of the molecule is C[C@H](NC(=O)Cn1ccc2ccncc2c1=O)c1ccc2ccccc2c1. The Morgan fingerprint density at radius 2 is 1.89 bits per heavy atom. The molecule has 0 radical (unpaired) electrons. The topological polar surface area (TPSA) is 64.0 Å². The average Bonchev–Trinajstić information content (AvgIpc) is 2.70. The van der Waals surface area contributed by atoms with Crippen LogP contribution in [0.25, 0.3) is 21.5 Å². The summed E-state index contributed by atoms with van der Waals surface area (Å²) in [6.07, 6.45) is 4.82. The number of nitrogens with zero attached hydrogens (tertiary/aromatic N) is 2. The summed E-state index contributed by atoms with van der Waals surface area (Å²) in [4.78, 5) is 29.0. The summed E-state index contributed by atoms with van der Waals surface area (Å²) in [5.41, 5.74) is 0.811. The van der Waals surface area contributed by atoms with Crippen LogP contribution < -0.4 is 10.9 Å². The van der Waals surface area contributed by atoms with Crippen LogP contribution in [0, 0.1) is 0 Å². The number of fused-ring (bicyclic) bond motifs is 2. The maximum absolute atomic E-state index is 12.5. The second-order valence-corrected chi connectivity index (χ2v) is 6.61. The number of amides is 1. The lowest BCUT2D eigenvalue weighted by molar-refractivity contribution is -0.122. The van der Waals surface area contributed by atoms with Crippen LogP contribution in [0.3, 0.4) is 0 Å². The van der Waals surface area contributed by atoms with Crippen LogP contribution in [0.4, 0.5) is 0 Å². The lowest BCUT2D eigenvalue weighted by Gasteiger charge is -2.16. The fraction of sp³-hybridized carbons (Fsp3) is 0.136. The Labute approximate surface area is 156 Å². The fourth-order valence-corrected chi connectivity index (χ4v) is 3.25. The molecule has 0 saturated carbocycles. The number of nitrogens with one attached hydrogen (secondary N) is 1. The minimum Gasteiger partial charge on any atom is -0.348 e. The molecule has 27 heavy (non-hydrogen) atoms. The van der Waals surface area contributed by atoms with E-state index in [1.165, 1.54) is 10.8 Å². The second kappa shape index (κ2) is 7.03. The van der Waals surface area contributed by atoms with Crippen molar-refractivity contribution in [2.45, 2.75) is 19.5 Å². The van der Waals surface area contributed by atoms with Crippen LogP contribution in [-0.4, -0.2) is 15.5 Å². The first-order valence-corrected chi connectivity index (χ1v) is 8.83. The van der Waals surface area contributed by atoms with Gasteiger partial charge in [0.05, 0.1) is 11.4 Å². The Morgan fingerprint density at radius 1 is 1.07 bits per heavy atom. The number of carbonyl (C=O) groups excluding carboxylic acids is 1. The van der Waals surface area contributed by atoms with Crippen LogP contribution in [0.1, 0.15) is 18.5 Å². The Morgan fingerprint density at radius 3 is 2.74 bits per heavy atom. The average molecular weight is 357 g/mol. The number of carbonyl (C=O) groups is 1. The van der Waals surface area contributed by atoms with Gasteiger partial charge in [0.15, 0.2) is 0 Å². The van der Waals surface area contributed by atoms with Crippen molar-refractivity contribution in [3.63, 3.8) is 0 Å². The third-order valence-electron chi connectivity index (χ3n) is 4.75. The number of rotatable bonds is 4. The molecule has 0 spiro atoms. The zero-order chi connectivity index (χ0) is 18.8. The Kier molecular flexibility index (Phi) is 4.42. The summed E-state index contributed by atoms with van der Waals surface area (Å²) in [6, 6.07) is 17.7. The van der Waals surface area contributed by atoms with Crippen LogP contribution in [0.5, 0.6) is 0 Å². The van der Waals surface area contributed by atoms with E-state index in [9.17, 15) is 9.59 Å². The molecule has 4 rings (SSSR count). The van der Waals surface area contributed by atoms with Crippen molar-refractivity contribution in [2.75, 3.05) is 0 Å². The molecule has 0 bridgehead atoms. The Hall–Kier alpha value is -3.47. The molecule has 1 atom stereocenters. The molecule has 2 aromatic heterocycles. The first kappa shape index (κ1) is 17.0. The van der Waals surface area contributed by atoms with Gasteiger partial charge in [0.25, 0.3) is 5.56 Å². The smallest absolute Gasteiger partial charge is 0.260 e. The third kappa shape index (κ3) is 3.44. The maximum Gasteiger partial charge on any atom is 0.260 e. The molecule has 2 aromatic carbocycles. The van der Waals surface area contributed by atoms with Gasteiger partial charge in [0.2, 0.25) is 5.91 Å². The van der Waals surface area contributed by atoms with Crippen molar-refractivity contribution in [3.8, 4) is 0 Å². The van der Waals surface area contributed by atoms with E-state index in [2.05, 4.69) is 28.5 Å². The van der Waals surface area contributed by atoms with E-state index in [-0.39, 0.29) is 24.1 Å². The van der Waals surface area contributed by atoms with E-state index < -0.39 is 0 Å². The molecule has 5 nitrogen and oxygen atoms in total. The van der Waals surface area contributed by atoms with Gasteiger partial charge in [0.1, 0.15) is 6.54 Å². The number of pyridine rings is 2. The maximum atomic E-state index is 12.5. The summed E-state index contributed by atoms with van der Waals surface area (Å²) in [5.74, 6) is -0.207. The molecule has 0 fully saturated rings. The summed E-state index contributed by atoms with van der Waals surface area (Å²) >= 11 is 0. The van der Waals surface area contributed by atoms with Gasteiger partial charge in [-0.1, -0.05) is 36.4 Å². The molecule has 1 N–H and O–H groups in total. The van der Waals surface area contributed by atoms with Crippen LogP contribution in [0.2, 0.25) is 0 Å². The van der Waals surface area contributed by atoms with E-state index in [4.69, 9.17) is 0 Å². The number of benzene rings is 2. The first-order valence-electron chi connectivity index (χ1n) is 8.83. The highest BCUT2D eigenvalue weighted by Gasteiger charge is 2.12. The zero-order valence-electron chi connectivity index (χ0n) is 14.9. The Balaban J connectivity index is 1.51. The standard InChI is InChI=1S/C22H19N3O2/c1-15(18-7-6-16-4-2-3-5-19(16)12-18)24-21(26)14-25-11-9-17-8-10-23-13-20(17)22(25)27/h2-13,15H,14H2,1H3,(H,24,26)/t15-/m0/s1. The van der Waals surface area contributed by atoms with Crippen molar-refractivity contribution in [2.24, 2.45) is 0 Å². The first-order chi connectivity index (χ1) is 13.1. The highest BCUT2D eigenvalue weighted by Crippen LogP contribution is 2.20. The number of hydrogen-bond acceptors (Lipinski definition) is 3. The highest BCUT2D eigenvalue weighted by molar-refractivity contribution is 5.84. The van der Waals surface area contributed by atoms with Gasteiger partial charge >= 0.3 is 0 Å². The zero-order valence-corrected chi connectivity index (χ0v) is 14.9. The molecule has 5 heteroatoms. The van der Waals surface area contributed by atoms with Crippen molar-refractivity contribution in [3.05, 3.63) is 89.1 Å². The monoisotopic (exact) mass is 357 g/mol. The second-order valence-electron chi connectivity index (χ2n) is 6.61. The van der Waals surface area contributed by atoms with E-state index in [0.29, 0.717) is 5.39 Å². The molecule has 1 amide bonds. The molecule has 2 heterocycles. The van der Waals surface area contributed by atoms with Gasteiger partial charge in [-0.05, 0) is 46.8 Å². The predicted molar refractivity (Wildman–Crippen MR) is 107 cm³/mol. The molecular formula is C22H19N3O2. The summed E-state index contributed by atoms with van der Waals surface area (Å²) in [6.45, 7) is 1.91. The summed E-state index contributed by atoms with van der Waals surface area (Å²) < 4.78 is 1.41. The van der Waals surface area contributed by atoms with Crippen molar-refractivity contribution in [1.82, 2.24) is 14.9 Å². The molecule has 0 aliphatic heterocycles. The van der Waals surface area contributed by atoms with Crippen molar-refractivity contribution >= 4 is 27.5 Å². The quantitative estimate of drug-likeness (QED) is 0.609. The number of hydrogen-bond donors (Lipinski definition) is 1. The molecule has 134 valence electrons. The molecule has 0 unspecified atom stereocenters. The van der Waals surface area contributed by atoms with Crippen molar-refractivity contribution in [1.29, 1.82) is 0 Å². The molecule has 4 aromatic rings. The van der Waals surface area contributed by atoms with Gasteiger partial charge in [-0.15, -0.1) is 0 Å².